The summed E-state index contributed by atoms with van der Waals surface area (Å²) in [4.78, 5) is 0. The van der Waals surface area contributed by atoms with Gasteiger partial charge in [-0.2, -0.15) is 0 Å². The number of nitrogens with one attached hydrogen (secondary N) is 1. The summed E-state index contributed by atoms with van der Waals surface area (Å²) >= 11 is 0. The average Bonchev–Trinajstić information content (AvgIpc) is 2.44. The number of hydrogen-bond donors (Lipinski definition) is 2. The number of rotatable bonds is 8. The fraction of sp³-hybridized carbons (Fsp3) is 0.625. The number of ether oxygens (including phenoxy) is 2. The van der Waals surface area contributed by atoms with Gasteiger partial charge in [0.1, 0.15) is 5.75 Å². The predicted molar refractivity (Wildman–Crippen MR) is 80.6 cm³/mol. The molecule has 0 aromatic heterocycles. The van der Waals surface area contributed by atoms with E-state index in [0.717, 1.165) is 44.0 Å². The summed E-state index contributed by atoms with van der Waals surface area (Å²) < 4.78 is 11.0. The van der Waals surface area contributed by atoms with Gasteiger partial charge < -0.3 is 9.47 Å². The van der Waals surface area contributed by atoms with Gasteiger partial charge >= 0.3 is 0 Å². The SMILES string of the molecule is CCOC1CC(CC(Cc2ccccc2OC)NN)C1. The molecule has 0 bridgehead atoms. The van der Waals surface area contributed by atoms with E-state index in [2.05, 4.69) is 18.4 Å². The van der Waals surface area contributed by atoms with E-state index in [0.29, 0.717) is 12.1 Å². The van der Waals surface area contributed by atoms with Crippen molar-refractivity contribution in [1.82, 2.24) is 5.43 Å². The fourth-order valence-corrected chi connectivity index (χ4v) is 2.99. The van der Waals surface area contributed by atoms with Crippen LogP contribution in [0.3, 0.4) is 0 Å². The molecule has 1 aliphatic rings. The third-order valence-electron chi connectivity index (χ3n) is 4.11. The molecular formula is C16H26N2O2. The van der Waals surface area contributed by atoms with Gasteiger partial charge in [0.15, 0.2) is 0 Å². The molecule has 0 spiro atoms. The van der Waals surface area contributed by atoms with Crippen molar-refractivity contribution < 1.29 is 9.47 Å². The summed E-state index contributed by atoms with van der Waals surface area (Å²) in [5, 5.41) is 0. The van der Waals surface area contributed by atoms with E-state index in [1.165, 1.54) is 5.56 Å². The van der Waals surface area contributed by atoms with Gasteiger partial charge in [-0.05, 0) is 50.2 Å². The quantitative estimate of drug-likeness (QED) is 0.566. The van der Waals surface area contributed by atoms with Gasteiger partial charge in [0.2, 0.25) is 0 Å². The minimum absolute atomic E-state index is 0.291. The molecule has 1 aliphatic carbocycles. The summed E-state index contributed by atoms with van der Waals surface area (Å²) in [6.07, 6.45) is 4.79. The zero-order valence-corrected chi connectivity index (χ0v) is 12.5. The third-order valence-corrected chi connectivity index (χ3v) is 4.11. The standard InChI is InChI=1S/C16H26N2O2/c1-3-20-15-9-12(10-15)8-14(18-17)11-13-6-4-5-7-16(13)19-2/h4-7,12,14-15,18H,3,8-11,17H2,1-2H3. The van der Waals surface area contributed by atoms with Gasteiger partial charge in [-0.25, -0.2) is 0 Å². The number of hydrogen-bond acceptors (Lipinski definition) is 4. The van der Waals surface area contributed by atoms with E-state index in [1.807, 2.05) is 18.2 Å². The van der Waals surface area contributed by atoms with Gasteiger partial charge in [0.25, 0.3) is 0 Å². The first-order valence-electron chi connectivity index (χ1n) is 7.46. The fourth-order valence-electron chi connectivity index (χ4n) is 2.99. The van der Waals surface area contributed by atoms with Crippen molar-refractivity contribution in [2.75, 3.05) is 13.7 Å². The molecule has 20 heavy (non-hydrogen) atoms. The van der Waals surface area contributed by atoms with Gasteiger partial charge in [-0.1, -0.05) is 18.2 Å². The van der Waals surface area contributed by atoms with Crippen LogP contribution in [0, 0.1) is 5.92 Å². The maximum absolute atomic E-state index is 5.71. The Bertz CT molecular complexity index is 405. The number of hydrazine groups is 1. The highest BCUT2D eigenvalue weighted by molar-refractivity contribution is 5.33. The molecule has 1 fully saturated rings. The summed E-state index contributed by atoms with van der Waals surface area (Å²) in [6.45, 7) is 2.87. The van der Waals surface area contributed by atoms with Crippen molar-refractivity contribution in [1.29, 1.82) is 0 Å². The van der Waals surface area contributed by atoms with Crippen LogP contribution in [0.4, 0.5) is 0 Å². The van der Waals surface area contributed by atoms with Crippen LogP contribution in [-0.2, 0) is 11.2 Å². The second-order valence-corrected chi connectivity index (χ2v) is 5.53. The van der Waals surface area contributed by atoms with Gasteiger partial charge in [0, 0.05) is 12.6 Å². The maximum Gasteiger partial charge on any atom is 0.122 e. The second-order valence-electron chi connectivity index (χ2n) is 5.53. The Hall–Kier alpha value is -1.10. The topological polar surface area (TPSA) is 56.5 Å². The summed E-state index contributed by atoms with van der Waals surface area (Å²) in [5.41, 5.74) is 4.16. The first-order chi connectivity index (χ1) is 9.76. The lowest BCUT2D eigenvalue weighted by molar-refractivity contribution is -0.0290. The van der Waals surface area contributed by atoms with Crippen LogP contribution in [0.15, 0.2) is 24.3 Å². The highest BCUT2D eigenvalue weighted by Crippen LogP contribution is 2.34. The molecule has 1 atom stereocenters. The molecule has 1 saturated carbocycles. The lowest BCUT2D eigenvalue weighted by atomic mass is 9.77. The first-order valence-corrected chi connectivity index (χ1v) is 7.46. The molecular weight excluding hydrogens is 252 g/mol. The Labute approximate surface area is 121 Å². The van der Waals surface area contributed by atoms with Crippen LogP contribution in [0.5, 0.6) is 5.75 Å². The number of methoxy groups -OCH3 is 1. The van der Waals surface area contributed by atoms with Crippen LogP contribution in [0.2, 0.25) is 0 Å². The molecule has 4 heteroatoms. The number of para-hydroxylation sites is 1. The zero-order chi connectivity index (χ0) is 14.4. The summed E-state index contributed by atoms with van der Waals surface area (Å²) in [6, 6.07) is 8.43. The van der Waals surface area contributed by atoms with Gasteiger partial charge in [0.05, 0.1) is 13.2 Å². The third kappa shape index (κ3) is 3.95. The van der Waals surface area contributed by atoms with E-state index in [1.54, 1.807) is 7.11 Å². The van der Waals surface area contributed by atoms with Crippen LogP contribution < -0.4 is 16.0 Å². The Morgan fingerprint density at radius 3 is 2.75 bits per heavy atom. The highest BCUT2D eigenvalue weighted by atomic mass is 16.5. The first kappa shape index (κ1) is 15.3. The molecule has 0 aliphatic heterocycles. The van der Waals surface area contributed by atoms with Crippen LogP contribution >= 0.6 is 0 Å². The van der Waals surface area contributed by atoms with Crippen molar-refractivity contribution in [3.8, 4) is 5.75 Å². The molecule has 3 N–H and O–H groups in total. The largest absolute Gasteiger partial charge is 0.496 e. The predicted octanol–water partition coefficient (Wildman–Crippen LogP) is 2.27. The number of benzene rings is 1. The van der Waals surface area contributed by atoms with E-state index < -0.39 is 0 Å². The lowest BCUT2D eigenvalue weighted by Gasteiger charge is -2.37. The van der Waals surface area contributed by atoms with E-state index in [4.69, 9.17) is 15.3 Å². The Balaban J connectivity index is 1.84. The smallest absolute Gasteiger partial charge is 0.122 e. The van der Waals surface area contributed by atoms with E-state index in [-0.39, 0.29) is 0 Å². The maximum atomic E-state index is 5.71. The minimum Gasteiger partial charge on any atom is -0.496 e. The molecule has 2 rings (SSSR count). The molecule has 1 aromatic carbocycles. The number of nitrogens with two attached hydrogens (primary N) is 1. The van der Waals surface area contributed by atoms with E-state index >= 15 is 0 Å². The Kier molecular flexibility index (Phi) is 5.83. The monoisotopic (exact) mass is 278 g/mol. The summed E-state index contributed by atoms with van der Waals surface area (Å²) in [7, 11) is 1.71. The lowest BCUT2D eigenvalue weighted by Crippen LogP contribution is -2.42. The van der Waals surface area contributed by atoms with E-state index in [9.17, 15) is 0 Å². The van der Waals surface area contributed by atoms with Gasteiger partial charge in [-0.3, -0.25) is 11.3 Å². The van der Waals surface area contributed by atoms with Crippen molar-refractivity contribution in [2.45, 2.75) is 44.8 Å². The minimum atomic E-state index is 0.291. The molecule has 1 aromatic rings. The summed E-state index contributed by atoms with van der Waals surface area (Å²) in [5.74, 6) is 7.37. The van der Waals surface area contributed by atoms with Crippen molar-refractivity contribution in [2.24, 2.45) is 11.8 Å². The molecule has 1 unspecified atom stereocenters. The van der Waals surface area contributed by atoms with Gasteiger partial charge in [-0.15, -0.1) is 0 Å². The van der Waals surface area contributed by atoms with Crippen LogP contribution in [-0.4, -0.2) is 25.9 Å². The van der Waals surface area contributed by atoms with Crippen LogP contribution in [0.1, 0.15) is 31.7 Å². The van der Waals surface area contributed by atoms with Crippen molar-refractivity contribution >= 4 is 0 Å². The molecule has 0 saturated heterocycles. The molecule has 4 nitrogen and oxygen atoms in total. The van der Waals surface area contributed by atoms with Crippen LogP contribution in [0.25, 0.3) is 0 Å². The van der Waals surface area contributed by atoms with Crippen molar-refractivity contribution in [3.63, 3.8) is 0 Å². The molecule has 0 amide bonds. The second kappa shape index (κ2) is 7.62. The average molecular weight is 278 g/mol. The van der Waals surface area contributed by atoms with Crippen molar-refractivity contribution in [3.05, 3.63) is 29.8 Å². The Morgan fingerprint density at radius 1 is 1.35 bits per heavy atom. The normalized spacial score (nSPS) is 23.1. The molecule has 0 radical (unpaired) electrons. The zero-order valence-electron chi connectivity index (χ0n) is 12.5. The Morgan fingerprint density at radius 2 is 2.10 bits per heavy atom. The molecule has 112 valence electrons. The highest BCUT2D eigenvalue weighted by Gasteiger charge is 2.31. The molecule has 0 heterocycles.